The van der Waals surface area contributed by atoms with E-state index in [1.807, 2.05) is 24.3 Å². The van der Waals surface area contributed by atoms with Gasteiger partial charge in [-0.3, -0.25) is 4.79 Å². The van der Waals surface area contributed by atoms with Gasteiger partial charge in [-0.05, 0) is 37.7 Å². The molecule has 1 heterocycles. The van der Waals surface area contributed by atoms with Crippen LogP contribution in [0, 0.1) is 5.92 Å². The summed E-state index contributed by atoms with van der Waals surface area (Å²) in [5, 5.41) is 13.7. The second kappa shape index (κ2) is 6.34. The highest BCUT2D eigenvalue weighted by Crippen LogP contribution is 2.35. The van der Waals surface area contributed by atoms with Crippen LogP contribution in [0.3, 0.4) is 0 Å². The summed E-state index contributed by atoms with van der Waals surface area (Å²) in [7, 11) is 0. The molecule has 21 heavy (non-hydrogen) atoms. The Hall–Kier alpha value is -1.10. The smallest absolute Gasteiger partial charge is 0.263 e. The number of aliphatic hydroxyl groups is 1. The number of rotatable bonds is 3. The molecule has 1 amide bonds. The summed E-state index contributed by atoms with van der Waals surface area (Å²) < 4.78 is 1.04. The summed E-state index contributed by atoms with van der Waals surface area (Å²) in [4.78, 5) is 13.0. The summed E-state index contributed by atoms with van der Waals surface area (Å²) in [6, 6.07) is 8.00. The van der Waals surface area contributed by atoms with Gasteiger partial charge in [-0.25, -0.2) is 0 Å². The summed E-state index contributed by atoms with van der Waals surface area (Å²) in [6.45, 7) is 0.253. The highest BCUT2D eigenvalue weighted by molar-refractivity contribution is 7.21. The quantitative estimate of drug-likeness (QED) is 0.901. The Labute approximate surface area is 132 Å². The third-order valence-corrected chi connectivity index (χ3v) is 5.86. The third kappa shape index (κ3) is 3.07. The molecule has 112 valence electrons. The van der Waals surface area contributed by atoms with Crippen molar-refractivity contribution in [1.29, 1.82) is 0 Å². The number of benzene rings is 1. The minimum Gasteiger partial charge on any atom is -0.396 e. The van der Waals surface area contributed by atoms with Crippen LogP contribution >= 0.6 is 22.9 Å². The van der Waals surface area contributed by atoms with Crippen molar-refractivity contribution in [1.82, 2.24) is 5.32 Å². The fourth-order valence-electron chi connectivity index (χ4n) is 2.90. The Balaban J connectivity index is 1.71. The molecule has 3 nitrogen and oxygen atoms in total. The highest BCUT2D eigenvalue weighted by atomic mass is 35.5. The molecule has 0 atom stereocenters. The van der Waals surface area contributed by atoms with Gasteiger partial charge in [-0.1, -0.05) is 29.8 Å². The molecular formula is C16H18ClNO2S. The monoisotopic (exact) mass is 323 g/mol. The number of fused-ring (bicyclic) bond motifs is 1. The zero-order valence-electron chi connectivity index (χ0n) is 11.6. The summed E-state index contributed by atoms with van der Waals surface area (Å²) in [5.74, 6) is 0.319. The highest BCUT2D eigenvalue weighted by Gasteiger charge is 2.24. The Morgan fingerprint density at radius 1 is 1.29 bits per heavy atom. The van der Waals surface area contributed by atoms with Gasteiger partial charge in [0.25, 0.3) is 5.91 Å². The molecule has 5 heteroatoms. The maximum absolute atomic E-state index is 12.4. The summed E-state index contributed by atoms with van der Waals surface area (Å²) in [5.41, 5.74) is 0. The third-order valence-electron chi connectivity index (χ3n) is 4.18. The number of hydrogen-bond donors (Lipinski definition) is 2. The van der Waals surface area contributed by atoms with Crippen LogP contribution in [-0.2, 0) is 0 Å². The zero-order chi connectivity index (χ0) is 14.8. The number of hydrogen-bond acceptors (Lipinski definition) is 3. The number of halogens is 1. The van der Waals surface area contributed by atoms with Crippen molar-refractivity contribution in [2.24, 2.45) is 5.92 Å². The lowest BCUT2D eigenvalue weighted by molar-refractivity contribution is 0.0918. The number of amides is 1. The molecule has 0 aliphatic heterocycles. The maximum Gasteiger partial charge on any atom is 0.263 e. The lowest BCUT2D eigenvalue weighted by Crippen LogP contribution is -2.37. The van der Waals surface area contributed by atoms with Gasteiger partial charge < -0.3 is 10.4 Å². The Morgan fingerprint density at radius 3 is 2.67 bits per heavy atom. The molecule has 0 spiro atoms. The first kappa shape index (κ1) is 14.8. The molecule has 1 aliphatic rings. The number of thiophene rings is 1. The molecule has 3 rings (SSSR count). The van der Waals surface area contributed by atoms with Crippen LogP contribution in [0.5, 0.6) is 0 Å². The Kier molecular flexibility index (Phi) is 4.48. The van der Waals surface area contributed by atoms with E-state index in [0.717, 1.165) is 35.8 Å². The first-order chi connectivity index (χ1) is 10.2. The van der Waals surface area contributed by atoms with Crippen LogP contribution < -0.4 is 5.32 Å². The molecular weight excluding hydrogens is 306 g/mol. The predicted octanol–water partition coefficient (Wildman–Crippen LogP) is 3.84. The van der Waals surface area contributed by atoms with Crippen molar-refractivity contribution in [3.8, 4) is 0 Å². The largest absolute Gasteiger partial charge is 0.396 e. The van der Waals surface area contributed by atoms with E-state index in [0.29, 0.717) is 15.8 Å². The van der Waals surface area contributed by atoms with Crippen LogP contribution in [-0.4, -0.2) is 23.7 Å². The lowest BCUT2D eigenvalue weighted by atomic mass is 9.86. The van der Waals surface area contributed by atoms with Gasteiger partial charge >= 0.3 is 0 Å². The molecule has 1 aromatic heterocycles. The predicted molar refractivity (Wildman–Crippen MR) is 87.1 cm³/mol. The fraction of sp³-hybridized carbons (Fsp3) is 0.438. The van der Waals surface area contributed by atoms with E-state index in [2.05, 4.69) is 5.32 Å². The summed E-state index contributed by atoms with van der Waals surface area (Å²) in [6.07, 6.45) is 3.81. The van der Waals surface area contributed by atoms with E-state index in [4.69, 9.17) is 16.7 Å². The van der Waals surface area contributed by atoms with Gasteiger partial charge in [0.05, 0.1) is 5.02 Å². The minimum atomic E-state index is -0.0753. The molecule has 1 aliphatic carbocycles. The van der Waals surface area contributed by atoms with E-state index in [1.165, 1.54) is 11.3 Å². The van der Waals surface area contributed by atoms with Crippen molar-refractivity contribution >= 4 is 38.9 Å². The second-order valence-corrected chi connectivity index (χ2v) is 7.05. The van der Waals surface area contributed by atoms with Crippen LogP contribution in [0.1, 0.15) is 35.4 Å². The standard InChI is InChI=1S/C16H18ClNO2S/c17-14-12-3-1-2-4-13(12)21-15(14)16(20)18-11-7-5-10(9-19)6-8-11/h1-4,10-11,19H,5-9H2,(H,18,20). The molecule has 2 N–H and O–H groups in total. The van der Waals surface area contributed by atoms with Crippen molar-refractivity contribution in [2.75, 3.05) is 6.61 Å². The number of carbonyl (C=O) groups is 1. The maximum atomic E-state index is 12.4. The topological polar surface area (TPSA) is 49.3 Å². The second-order valence-electron chi connectivity index (χ2n) is 5.62. The van der Waals surface area contributed by atoms with Gasteiger partial charge in [0.15, 0.2) is 0 Å². The van der Waals surface area contributed by atoms with Crippen LogP contribution in [0.25, 0.3) is 10.1 Å². The van der Waals surface area contributed by atoms with Crippen LogP contribution in [0.2, 0.25) is 5.02 Å². The first-order valence-corrected chi connectivity index (χ1v) is 8.47. The molecule has 0 unspecified atom stereocenters. The van der Waals surface area contributed by atoms with Crippen molar-refractivity contribution in [3.05, 3.63) is 34.2 Å². The number of aliphatic hydroxyl groups excluding tert-OH is 1. The lowest BCUT2D eigenvalue weighted by Gasteiger charge is -2.27. The molecule has 1 fully saturated rings. The van der Waals surface area contributed by atoms with E-state index in [9.17, 15) is 4.79 Å². The van der Waals surface area contributed by atoms with Gasteiger partial charge in [0, 0.05) is 22.7 Å². The van der Waals surface area contributed by atoms with Crippen LogP contribution in [0.4, 0.5) is 0 Å². The van der Waals surface area contributed by atoms with E-state index in [-0.39, 0.29) is 18.6 Å². The SMILES string of the molecule is O=C(NC1CCC(CO)CC1)c1sc2ccccc2c1Cl. The van der Waals surface area contributed by atoms with Gasteiger partial charge in [0.1, 0.15) is 4.88 Å². The van der Waals surface area contributed by atoms with Crippen molar-refractivity contribution in [2.45, 2.75) is 31.7 Å². The molecule has 2 aromatic rings. The molecule has 0 saturated heterocycles. The minimum absolute atomic E-state index is 0.0753. The van der Waals surface area contributed by atoms with Gasteiger partial charge in [0.2, 0.25) is 0 Å². The zero-order valence-corrected chi connectivity index (χ0v) is 13.2. The Morgan fingerprint density at radius 2 is 2.00 bits per heavy atom. The average molecular weight is 324 g/mol. The van der Waals surface area contributed by atoms with Gasteiger partial charge in [-0.15, -0.1) is 11.3 Å². The van der Waals surface area contributed by atoms with Crippen molar-refractivity contribution < 1.29 is 9.90 Å². The van der Waals surface area contributed by atoms with E-state index >= 15 is 0 Å². The van der Waals surface area contributed by atoms with Crippen molar-refractivity contribution in [3.63, 3.8) is 0 Å². The molecule has 1 aromatic carbocycles. The van der Waals surface area contributed by atoms with Gasteiger partial charge in [-0.2, -0.15) is 0 Å². The van der Waals surface area contributed by atoms with Crippen LogP contribution in [0.15, 0.2) is 24.3 Å². The number of carbonyl (C=O) groups excluding carboxylic acids is 1. The summed E-state index contributed by atoms with van der Waals surface area (Å²) >= 11 is 7.77. The van der Waals surface area contributed by atoms with E-state index in [1.54, 1.807) is 0 Å². The normalized spacial score (nSPS) is 22.4. The molecule has 0 radical (unpaired) electrons. The average Bonchev–Trinajstić information content (AvgIpc) is 2.86. The number of nitrogens with one attached hydrogen (secondary N) is 1. The molecule has 0 bridgehead atoms. The molecule has 1 saturated carbocycles. The fourth-order valence-corrected chi connectivity index (χ4v) is 4.32. The van der Waals surface area contributed by atoms with E-state index < -0.39 is 0 Å². The Bertz CT molecular complexity index is 647. The first-order valence-electron chi connectivity index (χ1n) is 7.27.